The average Bonchev–Trinajstić information content (AvgIpc) is 2.75. The molecule has 1 aromatic rings. The van der Waals surface area contributed by atoms with Crippen molar-refractivity contribution in [2.24, 2.45) is 0 Å². The van der Waals surface area contributed by atoms with E-state index in [0.29, 0.717) is 17.1 Å². The highest BCUT2D eigenvalue weighted by Crippen LogP contribution is 2.22. The van der Waals surface area contributed by atoms with Gasteiger partial charge in [0.25, 0.3) is 5.91 Å². The van der Waals surface area contributed by atoms with Crippen LogP contribution in [0.2, 0.25) is 5.02 Å². The second-order valence-electron chi connectivity index (χ2n) is 5.24. The van der Waals surface area contributed by atoms with E-state index in [1.54, 1.807) is 23.9 Å². The van der Waals surface area contributed by atoms with Gasteiger partial charge in [-0.2, -0.15) is 11.8 Å². The number of hydrogen-bond acceptors (Lipinski definition) is 4. The van der Waals surface area contributed by atoms with Crippen LogP contribution in [0, 0.1) is 6.92 Å². The quantitative estimate of drug-likeness (QED) is 0.767. The first-order valence-electron chi connectivity index (χ1n) is 7.09. The van der Waals surface area contributed by atoms with Crippen molar-refractivity contribution in [3.8, 4) is 0 Å². The van der Waals surface area contributed by atoms with Crippen molar-refractivity contribution in [2.45, 2.75) is 19.4 Å². The van der Waals surface area contributed by atoms with Crippen molar-refractivity contribution in [1.29, 1.82) is 0 Å². The number of nitrogens with zero attached hydrogens (tertiary/aromatic N) is 1. The SMILES string of the molecule is CSCCC1NC(=O)N(CC(=O)Nc2ccc(C)cc2Cl)C1=O. The number of rotatable bonds is 6. The van der Waals surface area contributed by atoms with Gasteiger partial charge in [-0.1, -0.05) is 17.7 Å². The Morgan fingerprint density at radius 2 is 2.17 bits per heavy atom. The highest BCUT2D eigenvalue weighted by molar-refractivity contribution is 7.98. The summed E-state index contributed by atoms with van der Waals surface area (Å²) in [6.45, 7) is 1.56. The Balaban J connectivity index is 1.97. The average molecular weight is 356 g/mol. The Labute approximate surface area is 143 Å². The third kappa shape index (κ3) is 4.39. The predicted octanol–water partition coefficient (Wildman–Crippen LogP) is 2.26. The number of benzene rings is 1. The Hall–Kier alpha value is -1.73. The standard InChI is InChI=1S/C15H18ClN3O3S/c1-9-3-4-11(10(16)7-9)17-13(20)8-19-14(21)12(5-6-23-2)18-15(19)22/h3-4,7,12H,5-6,8H2,1-2H3,(H,17,20)(H,18,22). The van der Waals surface area contributed by atoms with E-state index >= 15 is 0 Å². The van der Waals surface area contributed by atoms with E-state index in [4.69, 9.17) is 11.6 Å². The molecule has 1 unspecified atom stereocenters. The van der Waals surface area contributed by atoms with E-state index in [2.05, 4.69) is 10.6 Å². The summed E-state index contributed by atoms with van der Waals surface area (Å²) in [6.07, 6.45) is 2.48. The number of carbonyl (C=O) groups is 3. The van der Waals surface area contributed by atoms with Gasteiger partial charge in [-0.05, 0) is 43.0 Å². The van der Waals surface area contributed by atoms with Crippen molar-refractivity contribution in [3.05, 3.63) is 28.8 Å². The van der Waals surface area contributed by atoms with Gasteiger partial charge >= 0.3 is 6.03 Å². The zero-order chi connectivity index (χ0) is 17.0. The van der Waals surface area contributed by atoms with Gasteiger partial charge in [0.05, 0.1) is 10.7 Å². The monoisotopic (exact) mass is 355 g/mol. The van der Waals surface area contributed by atoms with E-state index in [0.717, 1.165) is 16.2 Å². The zero-order valence-corrected chi connectivity index (χ0v) is 14.5. The number of imide groups is 1. The number of thioether (sulfide) groups is 1. The number of aryl methyl sites for hydroxylation is 1. The summed E-state index contributed by atoms with van der Waals surface area (Å²) in [5.41, 5.74) is 1.42. The molecule has 0 radical (unpaired) electrons. The molecule has 1 fully saturated rings. The summed E-state index contributed by atoms with van der Waals surface area (Å²) >= 11 is 7.65. The molecule has 2 rings (SSSR count). The van der Waals surface area contributed by atoms with Crippen molar-refractivity contribution in [3.63, 3.8) is 0 Å². The number of amides is 4. The Bertz CT molecular complexity index is 638. The molecule has 1 saturated heterocycles. The summed E-state index contributed by atoms with van der Waals surface area (Å²) in [4.78, 5) is 37.0. The number of anilines is 1. The number of nitrogens with one attached hydrogen (secondary N) is 2. The minimum atomic E-state index is -0.550. The minimum absolute atomic E-state index is 0.329. The molecular weight excluding hydrogens is 338 g/mol. The van der Waals surface area contributed by atoms with Gasteiger partial charge in [-0.3, -0.25) is 14.5 Å². The fraction of sp³-hybridized carbons (Fsp3) is 0.400. The van der Waals surface area contributed by atoms with Gasteiger partial charge in [-0.15, -0.1) is 0 Å². The molecule has 0 saturated carbocycles. The van der Waals surface area contributed by atoms with Crippen molar-refractivity contribution >= 4 is 46.9 Å². The third-order valence-corrected chi connectivity index (χ3v) is 4.37. The second-order valence-corrected chi connectivity index (χ2v) is 6.63. The predicted molar refractivity (Wildman–Crippen MR) is 91.9 cm³/mol. The van der Waals surface area contributed by atoms with Gasteiger partial charge in [0.2, 0.25) is 5.91 Å². The van der Waals surface area contributed by atoms with Crippen LogP contribution in [0.3, 0.4) is 0 Å². The van der Waals surface area contributed by atoms with Gasteiger partial charge in [-0.25, -0.2) is 4.79 Å². The smallest absolute Gasteiger partial charge is 0.325 e. The summed E-state index contributed by atoms with van der Waals surface area (Å²) in [6, 6.07) is 4.14. The maximum absolute atomic E-state index is 12.1. The molecule has 1 heterocycles. The number of halogens is 1. The lowest BCUT2D eigenvalue weighted by molar-refractivity contribution is -0.130. The zero-order valence-electron chi connectivity index (χ0n) is 12.9. The summed E-state index contributed by atoms with van der Waals surface area (Å²) in [5.74, 6) is -0.0747. The molecule has 0 aliphatic carbocycles. The van der Waals surface area contributed by atoms with Crippen molar-refractivity contribution in [2.75, 3.05) is 23.9 Å². The molecule has 0 spiro atoms. The minimum Gasteiger partial charge on any atom is -0.326 e. The molecule has 2 N–H and O–H groups in total. The first kappa shape index (κ1) is 17.6. The highest BCUT2D eigenvalue weighted by Gasteiger charge is 2.38. The van der Waals surface area contributed by atoms with Crippen LogP contribution in [0.1, 0.15) is 12.0 Å². The van der Waals surface area contributed by atoms with E-state index in [1.165, 1.54) is 0 Å². The fourth-order valence-electron chi connectivity index (χ4n) is 2.21. The van der Waals surface area contributed by atoms with E-state index < -0.39 is 18.0 Å². The summed E-state index contributed by atoms with van der Waals surface area (Å²) in [5, 5.41) is 5.62. The van der Waals surface area contributed by atoms with Crippen LogP contribution in [0.4, 0.5) is 10.5 Å². The topological polar surface area (TPSA) is 78.5 Å². The molecular formula is C15H18ClN3O3S. The molecule has 1 atom stereocenters. The van der Waals surface area contributed by atoms with Crippen LogP contribution < -0.4 is 10.6 Å². The highest BCUT2D eigenvalue weighted by atomic mass is 35.5. The van der Waals surface area contributed by atoms with Gasteiger partial charge in [0.1, 0.15) is 12.6 Å². The lowest BCUT2D eigenvalue weighted by Crippen LogP contribution is -2.38. The van der Waals surface area contributed by atoms with Gasteiger partial charge in [0.15, 0.2) is 0 Å². The Morgan fingerprint density at radius 1 is 1.43 bits per heavy atom. The molecule has 4 amide bonds. The second kappa shape index (κ2) is 7.70. The maximum Gasteiger partial charge on any atom is 0.325 e. The lowest BCUT2D eigenvalue weighted by atomic mass is 10.2. The largest absolute Gasteiger partial charge is 0.326 e. The molecule has 124 valence electrons. The first-order chi connectivity index (χ1) is 10.9. The van der Waals surface area contributed by atoms with Gasteiger partial charge in [0, 0.05) is 0 Å². The summed E-state index contributed by atoms with van der Waals surface area (Å²) < 4.78 is 0. The molecule has 6 nitrogen and oxygen atoms in total. The molecule has 8 heteroatoms. The van der Waals surface area contributed by atoms with E-state index in [-0.39, 0.29) is 12.5 Å². The number of hydrogen-bond donors (Lipinski definition) is 2. The van der Waals surface area contributed by atoms with E-state index in [9.17, 15) is 14.4 Å². The Morgan fingerprint density at radius 3 is 2.83 bits per heavy atom. The fourth-order valence-corrected chi connectivity index (χ4v) is 2.97. The third-order valence-electron chi connectivity index (χ3n) is 3.42. The first-order valence-corrected chi connectivity index (χ1v) is 8.86. The number of urea groups is 1. The molecule has 0 bridgehead atoms. The van der Waals surface area contributed by atoms with Crippen LogP contribution in [0.5, 0.6) is 0 Å². The maximum atomic E-state index is 12.1. The molecule has 1 aliphatic rings. The van der Waals surface area contributed by atoms with Crippen LogP contribution in [0.25, 0.3) is 0 Å². The number of carbonyl (C=O) groups excluding carboxylic acids is 3. The van der Waals surface area contributed by atoms with Crippen molar-refractivity contribution < 1.29 is 14.4 Å². The summed E-state index contributed by atoms with van der Waals surface area (Å²) in [7, 11) is 0. The normalized spacial score (nSPS) is 17.3. The molecule has 0 aromatic heterocycles. The van der Waals surface area contributed by atoms with Crippen LogP contribution in [0.15, 0.2) is 18.2 Å². The molecule has 23 heavy (non-hydrogen) atoms. The van der Waals surface area contributed by atoms with Crippen LogP contribution >= 0.6 is 23.4 Å². The lowest BCUT2D eigenvalue weighted by Gasteiger charge is -2.13. The molecule has 1 aromatic carbocycles. The van der Waals surface area contributed by atoms with Crippen molar-refractivity contribution in [1.82, 2.24) is 10.2 Å². The molecule has 1 aliphatic heterocycles. The van der Waals surface area contributed by atoms with Gasteiger partial charge < -0.3 is 10.6 Å². The van der Waals surface area contributed by atoms with Crippen LogP contribution in [-0.2, 0) is 9.59 Å². The Kier molecular flexibility index (Phi) is 5.90. The van der Waals surface area contributed by atoms with E-state index in [1.807, 2.05) is 19.2 Å². The van der Waals surface area contributed by atoms with Crippen LogP contribution in [-0.4, -0.2) is 47.3 Å².